The normalized spacial score (nSPS) is 15.0. The molecule has 154 valence electrons. The van der Waals surface area contributed by atoms with Gasteiger partial charge in [-0.2, -0.15) is 4.98 Å². The van der Waals surface area contributed by atoms with E-state index in [-0.39, 0.29) is 24.1 Å². The summed E-state index contributed by atoms with van der Waals surface area (Å²) in [5.41, 5.74) is 4.02. The van der Waals surface area contributed by atoms with Crippen LogP contribution in [0.1, 0.15) is 34.0 Å². The van der Waals surface area contributed by atoms with Crippen molar-refractivity contribution in [2.75, 3.05) is 5.32 Å². The number of benzene rings is 2. The fourth-order valence-corrected chi connectivity index (χ4v) is 3.73. The molecule has 0 fully saturated rings. The van der Waals surface area contributed by atoms with Crippen LogP contribution in [0.15, 0.2) is 60.8 Å². The first-order valence-corrected chi connectivity index (χ1v) is 9.70. The fraction of sp³-hybridized carbons (Fsp3) is 0.130. The number of carbonyl (C=O) groups is 2. The van der Waals surface area contributed by atoms with Gasteiger partial charge in [-0.1, -0.05) is 24.3 Å². The molecular weight excluding hydrogens is 399 g/mol. The predicted molar refractivity (Wildman–Crippen MR) is 111 cm³/mol. The molecule has 4 aromatic rings. The van der Waals surface area contributed by atoms with Crippen molar-refractivity contribution in [3.63, 3.8) is 0 Å². The zero-order chi connectivity index (χ0) is 21.5. The third-order valence-corrected chi connectivity index (χ3v) is 5.11. The zero-order valence-electron chi connectivity index (χ0n) is 16.5. The van der Waals surface area contributed by atoms with E-state index in [1.807, 2.05) is 19.1 Å². The summed E-state index contributed by atoms with van der Waals surface area (Å²) in [4.78, 5) is 28.7. The minimum Gasteiger partial charge on any atom is -0.453 e. The molecule has 1 aliphatic heterocycles. The summed E-state index contributed by atoms with van der Waals surface area (Å²) in [6.07, 6.45) is 1.05. The van der Waals surface area contributed by atoms with Gasteiger partial charge in [-0.15, -0.1) is 5.10 Å². The van der Waals surface area contributed by atoms with Gasteiger partial charge in [0, 0.05) is 17.3 Å². The topological polar surface area (TPSA) is 85.6 Å². The summed E-state index contributed by atoms with van der Waals surface area (Å²) in [5.74, 6) is -0.975. The standard InChI is InChI=1S/C23H17FN4O3/c1-13-8-15(10-16(24)9-13)14-6-7-20-25-23(27-28(20)12-14)26-21(29)11-19-17-4-2-3-5-18(17)22(30)31-19/h2-10,12,19H,11H2,1H3,(H,26,27,29)/t19-/m1/s1. The summed E-state index contributed by atoms with van der Waals surface area (Å²) in [6.45, 7) is 1.83. The van der Waals surface area contributed by atoms with Crippen LogP contribution >= 0.6 is 0 Å². The molecule has 0 spiro atoms. The number of nitrogens with one attached hydrogen (secondary N) is 1. The van der Waals surface area contributed by atoms with Crippen LogP contribution in [-0.4, -0.2) is 26.5 Å². The number of hydrogen-bond donors (Lipinski definition) is 1. The van der Waals surface area contributed by atoms with Gasteiger partial charge in [0.2, 0.25) is 11.9 Å². The average molecular weight is 416 g/mol. The lowest BCUT2D eigenvalue weighted by molar-refractivity contribution is -0.118. The average Bonchev–Trinajstić information content (AvgIpc) is 3.27. The van der Waals surface area contributed by atoms with Gasteiger partial charge < -0.3 is 4.74 Å². The highest BCUT2D eigenvalue weighted by Crippen LogP contribution is 2.33. The number of halogens is 1. The van der Waals surface area contributed by atoms with Crippen LogP contribution in [-0.2, 0) is 9.53 Å². The molecule has 3 heterocycles. The van der Waals surface area contributed by atoms with E-state index in [0.29, 0.717) is 16.8 Å². The Kier molecular flexibility index (Phi) is 4.47. The highest BCUT2D eigenvalue weighted by molar-refractivity contribution is 5.96. The maximum atomic E-state index is 13.7. The van der Waals surface area contributed by atoms with E-state index < -0.39 is 12.1 Å². The molecule has 1 atom stereocenters. The van der Waals surface area contributed by atoms with Crippen LogP contribution in [0, 0.1) is 12.7 Å². The predicted octanol–water partition coefficient (Wildman–Crippen LogP) is 4.08. The Bertz CT molecular complexity index is 1330. The van der Waals surface area contributed by atoms with Crippen LogP contribution in [0.4, 0.5) is 10.3 Å². The van der Waals surface area contributed by atoms with E-state index in [0.717, 1.165) is 16.7 Å². The third kappa shape index (κ3) is 3.63. The van der Waals surface area contributed by atoms with Gasteiger partial charge in [0.1, 0.15) is 11.9 Å². The third-order valence-electron chi connectivity index (χ3n) is 5.11. The van der Waals surface area contributed by atoms with Gasteiger partial charge >= 0.3 is 5.97 Å². The number of carbonyl (C=O) groups excluding carboxylic acids is 2. The second kappa shape index (κ2) is 7.32. The maximum Gasteiger partial charge on any atom is 0.339 e. The molecule has 0 unspecified atom stereocenters. The summed E-state index contributed by atoms with van der Waals surface area (Å²) < 4.78 is 20.6. The number of aromatic nitrogens is 3. The molecule has 1 aliphatic rings. The smallest absolute Gasteiger partial charge is 0.339 e. The molecule has 1 N–H and O–H groups in total. The first-order valence-electron chi connectivity index (χ1n) is 9.70. The number of ether oxygens (including phenoxy) is 1. The Morgan fingerprint density at radius 2 is 2.00 bits per heavy atom. The van der Waals surface area contributed by atoms with Crippen molar-refractivity contribution in [2.45, 2.75) is 19.4 Å². The number of cyclic esters (lactones) is 1. The number of pyridine rings is 1. The van der Waals surface area contributed by atoms with Gasteiger partial charge in [-0.25, -0.2) is 13.7 Å². The number of anilines is 1. The number of aryl methyl sites for hydroxylation is 1. The van der Waals surface area contributed by atoms with E-state index in [1.54, 1.807) is 36.5 Å². The van der Waals surface area contributed by atoms with E-state index in [9.17, 15) is 14.0 Å². The Morgan fingerprint density at radius 3 is 2.84 bits per heavy atom. The Morgan fingerprint density at radius 1 is 1.16 bits per heavy atom. The summed E-state index contributed by atoms with van der Waals surface area (Å²) in [7, 11) is 0. The van der Waals surface area contributed by atoms with Gasteiger partial charge in [-0.3, -0.25) is 10.1 Å². The van der Waals surface area contributed by atoms with Crippen LogP contribution in [0.2, 0.25) is 0 Å². The molecule has 0 aliphatic carbocycles. The van der Waals surface area contributed by atoms with Crippen molar-refractivity contribution in [1.82, 2.24) is 14.6 Å². The van der Waals surface area contributed by atoms with Crippen LogP contribution < -0.4 is 5.32 Å². The van der Waals surface area contributed by atoms with Crippen LogP contribution in [0.25, 0.3) is 16.8 Å². The van der Waals surface area contributed by atoms with Gasteiger partial charge in [0.25, 0.3) is 0 Å². The number of rotatable bonds is 4. The molecule has 0 radical (unpaired) electrons. The minimum absolute atomic E-state index is 0.0356. The van der Waals surface area contributed by atoms with Crippen molar-refractivity contribution in [3.05, 3.63) is 83.3 Å². The summed E-state index contributed by atoms with van der Waals surface area (Å²) >= 11 is 0. The number of fused-ring (bicyclic) bond motifs is 2. The molecule has 5 rings (SSSR count). The lowest BCUT2D eigenvalue weighted by atomic mass is 10.0. The lowest BCUT2D eigenvalue weighted by Gasteiger charge is -2.09. The van der Waals surface area contributed by atoms with Crippen molar-refractivity contribution < 1.29 is 18.7 Å². The molecule has 7 nitrogen and oxygen atoms in total. The molecular formula is C23H17FN4O3. The quantitative estimate of drug-likeness (QED) is 0.507. The molecule has 1 amide bonds. The zero-order valence-corrected chi connectivity index (χ0v) is 16.5. The number of hydrogen-bond acceptors (Lipinski definition) is 5. The summed E-state index contributed by atoms with van der Waals surface area (Å²) in [5, 5.41) is 6.94. The van der Waals surface area contributed by atoms with Crippen molar-refractivity contribution in [1.29, 1.82) is 0 Å². The van der Waals surface area contributed by atoms with E-state index in [1.165, 1.54) is 16.6 Å². The largest absolute Gasteiger partial charge is 0.453 e. The lowest BCUT2D eigenvalue weighted by Crippen LogP contribution is -2.16. The summed E-state index contributed by atoms with van der Waals surface area (Å²) in [6, 6.07) is 15.4. The molecule has 0 saturated carbocycles. The number of nitrogens with zero attached hydrogens (tertiary/aromatic N) is 3. The SMILES string of the molecule is Cc1cc(F)cc(-c2ccc3nc(NC(=O)C[C@H]4OC(=O)c5ccccc54)nn3c2)c1. The van der Waals surface area contributed by atoms with Crippen LogP contribution in [0.5, 0.6) is 0 Å². The second-order valence-electron chi connectivity index (χ2n) is 7.41. The highest BCUT2D eigenvalue weighted by Gasteiger charge is 2.32. The molecule has 8 heteroatoms. The molecule has 31 heavy (non-hydrogen) atoms. The van der Waals surface area contributed by atoms with E-state index in [4.69, 9.17) is 4.74 Å². The number of amides is 1. The van der Waals surface area contributed by atoms with E-state index >= 15 is 0 Å². The molecule has 0 saturated heterocycles. The Hall–Kier alpha value is -4.07. The van der Waals surface area contributed by atoms with Gasteiger partial charge in [0.15, 0.2) is 5.65 Å². The molecule has 2 aromatic carbocycles. The van der Waals surface area contributed by atoms with E-state index in [2.05, 4.69) is 15.4 Å². The highest BCUT2D eigenvalue weighted by atomic mass is 19.1. The molecule has 2 aromatic heterocycles. The Balaban J connectivity index is 1.34. The first-order chi connectivity index (χ1) is 15.0. The Labute approximate surface area is 176 Å². The van der Waals surface area contributed by atoms with Gasteiger partial charge in [0.05, 0.1) is 12.0 Å². The van der Waals surface area contributed by atoms with Crippen molar-refractivity contribution in [2.24, 2.45) is 0 Å². The fourth-order valence-electron chi connectivity index (χ4n) is 3.73. The second-order valence-corrected chi connectivity index (χ2v) is 7.41. The monoisotopic (exact) mass is 416 g/mol. The molecule has 0 bridgehead atoms. The van der Waals surface area contributed by atoms with Crippen molar-refractivity contribution >= 4 is 23.5 Å². The maximum absolute atomic E-state index is 13.7. The van der Waals surface area contributed by atoms with Crippen LogP contribution in [0.3, 0.4) is 0 Å². The van der Waals surface area contributed by atoms with Gasteiger partial charge in [-0.05, 0) is 48.4 Å². The number of esters is 1. The van der Waals surface area contributed by atoms with Crippen molar-refractivity contribution in [3.8, 4) is 11.1 Å². The first kappa shape index (κ1) is 18.9. The minimum atomic E-state index is -0.636.